The van der Waals surface area contributed by atoms with Crippen molar-refractivity contribution in [3.63, 3.8) is 0 Å². The van der Waals surface area contributed by atoms with Crippen LogP contribution in [0, 0.1) is 6.92 Å². The Bertz CT molecular complexity index is 1170. The van der Waals surface area contributed by atoms with Gasteiger partial charge in [-0.3, -0.25) is 9.59 Å². The van der Waals surface area contributed by atoms with Gasteiger partial charge in [0.2, 0.25) is 0 Å². The fourth-order valence-corrected chi connectivity index (χ4v) is 5.58. The molecule has 2 rings (SSSR count). The predicted octanol–water partition coefficient (Wildman–Crippen LogP) is 1.33. The van der Waals surface area contributed by atoms with Gasteiger partial charge in [0, 0.05) is 0 Å². The first-order valence-electron chi connectivity index (χ1n) is 9.81. The molecule has 2 N–H and O–H groups in total. The van der Waals surface area contributed by atoms with Crippen molar-refractivity contribution < 1.29 is 41.8 Å². The normalized spacial score (nSPS) is 11.9. The van der Waals surface area contributed by atoms with Gasteiger partial charge in [0.15, 0.2) is 10.8 Å². The zero-order valence-corrected chi connectivity index (χ0v) is 20.5. The zero-order chi connectivity index (χ0) is 25.5. The Kier molecular flexibility index (Phi) is 9.29. The molecule has 34 heavy (non-hydrogen) atoms. The molecule has 1 atom stereocenters. The lowest BCUT2D eigenvalue weighted by molar-refractivity contribution is -0.147. The van der Waals surface area contributed by atoms with E-state index in [9.17, 15) is 27.6 Å². The Hall–Kier alpha value is -3.29. The lowest BCUT2D eigenvalue weighted by Crippen LogP contribution is -2.35. The van der Waals surface area contributed by atoms with Crippen LogP contribution in [0.3, 0.4) is 0 Å². The summed E-state index contributed by atoms with van der Waals surface area (Å²) in [5, 5.41) is 2.65. The van der Waals surface area contributed by atoms with Crippen LogP contribution < -0.4 is 10.0 Å². The first-order chi connectivity index (χ1) is 16.0. The number of rotatable bonds is 10. The van der Waals surface area contributed by atoms with Gasteiger partial charge in [-0.25, -0.2) is 18.0 Å². The van der Waals surface area contributed by atoms with Gasteiger partial charge in [0.1, 0.15) is 11.4 Å². The number of esters is 3. The average molecular weight is 513 g/mol. The van der Waals surface area contributed by atoms with Crippen molar-refractivity contribution in [3.8, 4) is 0 Å². The van der Waals surface area contributed by atoms with E-state index in [1.165, 1.54) is 6.92 Å². The van der Waals surface area contributed by atoms with Crippen LogP contribution in [-0.4, -0.2) is 59.6 Å². The molecule has 0 saturated carbocycles. The molecule has 0 spiro atoms. The van der Waals surface area contributed by atoms with Gasteiger partial charge >= 0.3 is 17.9 Å². The molecule has 0 bridgehead atoms. The summed E-state index contributed by atoms with van der Waals surface area (Å²) >= 11 is 0.502. The van der Waals surface area contributed by atoms with E-state index in [0.29, 0.717) is 11.3 Å². The molecule has 1 aromatic heterocycles. The van der Waals surface area contributed by atoms with Gasteiger partial charge in [-0.05, 0) is 25.0 Å². The molecule has 1 unspecified atom stereocenters. The number of hydrogen-bond acceptors (Lipinski definition) is 10. The molecule has 13 heteroatoms. The minimum atomic E-state index is -4.42. The third-order valence-electron chi connectivity index (χ3n) is 4.57. The average Bonchev–Trinajstić information content (AvgIpc) is 3.18. The largest absolute Gasteiger partial charge is 0.465 e. The maximum atomic E-state index is 12.7. The van der Waals surface area contributed by atoms with Crippen molar-refractivity contribution in [1.29, 1.82) is 0 Å². The minimum Gasteiger partial charge on any atom is -0.465 e. The Labute approximate surface area is 200 Å². The standard InChI is InChI=1S/C21H24N2O9S2/c1-12-17(19(26)30-3)21(33-18(12)20(27)31-4)34(28,29)22-10-16(25)32-11-15(24)23-13(2)14-8-6-5-7-9-14/h5-9,13,22H,10-11H2,1-4H3,(H,23,24). The van der Waals surface area contributed by atoms with Gasteiger partial charge in [-0.15, -0.1) is 11.3 Å². The van der Waals surface area contributed by atoms with E-state index in [0.717, 1.165) is 19.8 Å². The van der Waals surface area contributed by atoms with Crippen LogP contribution in [0.25, 0.3) is 0 Å². The van der Waals surface area contributed by atoms with Gasteiger partial charge in [-0.1, -0.05) is 30.3 Å². The molecule has 1 heterocycles. The Morgan fingerprint density at radius 2 is 1.65 bits per heavy atom. The number of sulfonamides is 1. The molecule has 0 fully saturated rings. The summed E-state index contributed by atoms with van der Waals surface area (Å²) in [5.74, 6) is -3.40. The summed E-state index contributed by atoms with van der Waals surface area (Å²) in [6, 6.07) is 8.80. The maximum absolute atomic E-state index is 12.7. The summed E-state index contributed by atoms with van der Waals surface area (Å²) in [5.41, 5.74) is 0.577. The van der Waals surface area contributed by atoms with Crippen LogP contribution in [0.4, 0.5) is 0 Å². The number of thiophene rings is 1. The molecule has 2 aromatic rings. The molecule has 0 saturated heterocycles. The fraction of sp³-hybridized carbons (Fsp3) is 0.333. The highest BCUT2D eigenvalue weighted by Crippen LogP contribution is 2.33. The lowest BCUT2D eigenvalue weighted by atomic mass is 10.1. The van der Waals surface area contributed by atoms with Crippen molar-refractivity contribution >= 4 is 45.2 Å². The first kappa shape index (κ1) is 27.0. The first-order valence-corrected chi connectivity index (χ1v) is 12.1. The molecule has 0 aliphatic heterocycles. The number of methoxy groups -OCH3 is 2. The third-order valence-corrected chi connectivity index (χ3v) is 7.76. The summed E-state index contributed by atoms with van der Waals surface area (Å²) in [6.07, 6.45) is 0. The summed E-state index contributed by atoms with van der Waals surface area (Å²) in [6.45, 7) is 1.70. The quantitative estimate of drug-likeness (QED) is 0.354. The Morgan fingerprint density at radius 1 is 1.03 bits per heavy atom. The molecule has 11 nitrogen and oxygen atoms in total. The fourth-order valence-electron chi connectivity index (χ4n) is 2.83. The second-order valence-corrected chi connectivity index (χ2v) is 9.87. The molecule has 1 amide bonds. The third kappa shape index (κ3) is 6.62. The van der Waals surface area contributed by atoms with Crippen molar-refractivity contribution in [2.45, 2.75) is 24.1 Å². The van der Waals surface area contributed by atoms with E-state index < -0.39 is 51.2 Å². The Balaban J connectivity index is 2.02. The molecule has 0 aliphatic rings. The Morgan fingerprint density at radius 3 is 2.24 bits per heavy atom. The van der Waals surface area contributed by atoms with Crippen LogP contribution in [0.5, 0.6) is 0 Å². The highest BCUT2D eigenvalue weighted by molar-refractivity contribution is 7.91. The van der Waals surface area contributed by atoms with Gasteiger partial charge < -0.3 is 19.5 Å². The van der Waals surface area contributed by atoms with E-state index in [1.54, 1.807) is 6.92 Å². The lowest BCUT2D eigenvalue weighted by Gasteiger charge is -2.14. The summed E-state index contributed by atoms with van der Waals surface area (Å²) in [4.78, 5) is 48.0. The van der Waals surface area contributed by atoms with Crippen LogP contribution >= 0.6 is 11.3 Å². The monoisotopic (exact) mass is 512 g/mol. The topological polar surface area (TPSA) is 154 Å². The van der Waals surface area contributed by atoms with Crippen LogP contribution in [0.2, 0.25) is 0 Å². The van der Waals surface area contributed by atoms with Crippen molar-refractivity contribution in [1.82, 2.24) is 10.0 Å². The molecule has 1 aromatic carbocycles. The number of ether oxygens (including phenoxy) is 3. The van der Waals surface area contributed by atoms with E-state index in [-0.39, 0.29) is 22.0 Å². The van der Waals surface area contributed by atoms with E-state index >= 15 is 0 Å². The van der Waals surface area contributed by atoms with Crippen molar-refractivity contribution in [2.75, 3.05) is 27.4 Å². The van der Waals surface area contributed by atoms with E-state index in [2.05, 4.69) is 14.8 Å². The van der Waals surface area contributed by atoms with Crippen molar-refractivity contribution in [3.05, 3.63) is 51.9 Å². The van der Waals surface area contributed by atoms with Gasteiger partial charge in [0.25, 0.3) is 15.9 Å². The van der Waals surface area contributed by atoms with Crippen LogP contribution in [-0.2, 0) is 33.8 Å². The predicted molar refractivity (Wildman–Crippen MR) is 121 cm³/mol. The smallest absolute Gasteiger partial charge is 0.348 e. The van der Waals surface area contributed by atoms with Crippen LogP contribution in [0.15, 0.2) is 34.5 Å². The molecular weight excluding hydrogens is 488 g/mol. The highest BCUT2D eigenvalue weighted by atomic mass is 32.2. The number of carbonyl (C=O) groups excluding carboxylic acids is 4. The number of benzene rings is 1. The number of amides is 1. The number of nitrogens with one attached hydrogen (secondary N) is 2. The molecule has 184 valence electrons. The zero-order valence-electron chi connectivity index (χ0n) is 18.9. The number of carbonyl (C=O) groups is 4. The van der Waals surface area contributed by atoms with Gasteiger partial charge in [0.05, 0.1) is 25.8 Å². The maximum Gasteiger partial charge on any atom is 0.348 e. The minimum absolute atomic E-state index is 0.0656. The van der Waals surface area contributed by atoms with Crippen molar-refractivity contribution in [2.24, 2.45) is 0 Å². The van der Waals surface area contributed by atoms with Gasteiger partial charge in [-0.2, -0.15) is 4.72 Å². The van der Waals surface area contributed by atoms with E-state index in [4.69, 9.17) is 4.74 Å². The molecular formula is C21H24N2O9S2. The summed E-state index contributed by atoms with van der Waals surface area (Å²) < 4.78 is 41.0. The summed E-state index contributed by atoms with van der Waals surface area (Å²) in [7, 11) is -2.25. The second kappa shape index (κ2) is 11.7. The highest BCUT2D eigenvalue weighted by Gasteiger charge is 2.33. The van der Waals surface area contributed by atoms with Crippen LogP contribution in [0.1, 0.15) is 44.1 Å². The van der Waals surface area contributed by atoms with E-state index in [1.807, 2.05) is 35.1 Å². The number of hydrogen-bond donors (Lipinski definition) is 2. The SMILES string of the molecule is COC(=O)c1sc(S(=O)(=O)NCC(=O)OCC(=O)NC(C)c2ccccc2)c(C(=O)OC)c1C. The molecule has 0 aliphatic carbocycles. The second-order valence-electron chi connectivity index (χ2n) is 6.89. The molecule has 0 radical (unpaired) electrons.